The van der Waals surface area contributed by atoms with Crippen molar-refractivity contribution in [3.05, 3.63) is 0 Å². The van der Waals surface area contributed by atoms with Gasteiger partial charge in [-0.05, 0) is 17.4 Å². The number of thiol groups is 1. The van der Waals surface area contributed by atoms with Crippen LogP contribution in [0.5, 0.6) is 0 Å². The van der Waals surface area contributed by atoms with Crippen LogP contribution < -0.4 is 0 Å². The van der Waals surface area contributed by atoms with Crippen molar-refractivity contribution >= 4 is 24.4 Å². The van der Waals surface area contributed by atoms with E-state index in [-0.39, 0.29) is 0 Å². The standard InChI is InChI=1S/C7H14OS2/c1-6(9)2-3-10-5-7-4-8-7/h6-7,9H,2-5H2,1H3. The van der Waals surface area contributed by atoms with Gasteiger partial charge in [0.1, 0.15) is 0 Å². The number of thioether (sulfide) groups is 1. The van der Waals surface area contributed by atoms with Gasteiger partial charge in [-0.2, -0.15) is 24.4 Å². The number of hydrogen-bond acceptors (Lipinski definition) is 3. The lowest BCUT2D eigenvalue weighted by Gasteiger charge is -2.01. The van der Waals surface area contributed by atoms with E-state index < -0.39 is 0 Å². The summed E-state index contributed by atoms with van der Waals surface area (Å²) in [5, 5.41) is 0.549. The Bertz CT molecular complexity index is 87.6. The second-order valence-corrected chi connectivity index (χ2v) is 4.70. The van der Waals surface area contributed by atoms with Gasteiger partial charge in [0.2, 0.25) is 0 Å². The van der Waals surface area contributed by atoms with Gasteiger partial charge in [-0.1, -0.05) is 6.92 Å². The molecule has 1 saturated heterocycles. The zero-order valence-electron chi connectivity index (χ0n) is 6.25. The van der Waals surface area contributed by atoms with Crippen LogP contribution in [0.15, 0.2) is 0 Å². The summed E-state index contributed by atoms with van der Waals surface area (Å²) in [6.07, 6.45) is 1.79. The van der Waals surface area contributed by atoms with Crippen LogP contribution in [0.3, 0.4) is 0 Å². The maximum atomic E-state index is 5.08. The molecule has 0 N–H and O–H groups in total. The Morgan fingerprint density at radius 3 is 3.00 bits per heavy atom. The van der Waals surface area contributed by atoms with Crippen molar-refractivity contribution in [2.24, 2.45) is 0 Å². The van der Waals surface area contributed by atoms with Gasteiger partial charge in [0.25, 0.3) is 0 Å². The quantitative estimate of drug-likeness (QED) is 0.392. The lowest BCUT2D eigenvalue weighted by molar-refractivity contribution is 0.426. The van der Waals surface area contributed by atoms with Gasteiger partial charge in [0, 0.05) is 5.75 Å². The third-order valence-electron chi connectivity index (χ3n) is 1.39. The van der Waals surface area contributed by atoms with Crippen molar-refractivity contribution in [3.63, 3.8) is 0 Å². The van der Waals surface area contributed by atoms with Crippen LogP contribution in [0.1, 0.15) is 13.3 Å². The molecular weight excluding hydrogens is 164 g/mol. The molecule has 1 fully saturated rings. The second-order valence-electron chi connectivity index (χ2n) is 2.67. The first-order valence-electron chi connectivity index (χ1n) is 3.66. The van der Waals surface area contributed by atoms with Crippen molar-refractivity contribution in [1.29, 1.82) is 0 Å². The van der Waals surface area contributed by atoms with Crippen LogP contribution in [0.4, 0.5) is 0 Å². The van der Waals surface area contributed by atoms with E-state index in [0.717, 1.165) is 6.61 Å². The molecule has 0 spiro atoms. The summed E-state index contributed by atoms with van der Waals surface area (Å²) in [5.74, 6) is 2.41. The fourth-order valence-corrected chi connectivity index (χ4v) is 2.08. The number of hydrogen-bond donors (Lipinski definition) is 1. The first kappa shape index (κ1) is 8.75. The van der Waals surface area contributed by atoms with Gasteiger partial charge in [-0.15, -0.1) is 0 Å². The van der Waals surface area contributed by atoms with Crippen LogP contribution in [0.25, 0.3) is 0 Å². The lowest BCUT2D eigenvalue weighted by atomic mass is 10.4. The molecule has 0 aliphatic carbocycles. The molecule has 2 unspecified atom stereocenters. The molecule has 1 nitrogen and oxygen atoms in total. The highest BCUT2D eigenvalue weighted by Crippen LogP contribution is 2.17. The lowest BCUT2D eigenvalue weighted by Crippen LogP contribution is -1.96. The molecule has 0 radical (unpaired) electrons. The van der Waals surface area contributed by atoms with Crippen molar-refractivity contribution in [3.8, 4) is 0 Å². The van der Waals surface area contributed by atoms with Gasteiger partial charge in [-0.3, -0.25) is 0 Å². The van der Waals surface area contributed by atoms with E-state index in [0.29, 0.717) is 11.4 Å². The topological polar surface area (TPSA) is 12.5 Å². The van der Waals surface area contributed by atoms with Crippen LogP contribution in [0.2, 0.25) is 0 Å². The Morgan fingerprint density at radius 2 is 2.50 bits per heavy atom. The summed E-state index contributed by atoms with van der Waals surface area (Å²) in [4.78, 5) is 0. The molecule has 0 amide bonds. The van der Waals surface area contributed by atoms with Crippen molar-refractivity contribution in [2.45, 2.75) is 24.7 Å². The summed E-state index contributed by atoms with van der Waals surface area (Å²) < 4.78 is 5.08. The minimum atomic E-state index is 0.549. The summed E-state index contributed by atoms with van der Waals surface area (Å²) in [6.45, 7) is 3.13. The van der Waals surface area contributed by atoms with Crippen LogP contribution >= 0.6 is 24.4 Å². The van der Waals surface area contributed by atoms with E-state index in [1.807, 2.05) is 11.8 Å². The normalized spacial score (nSPS) is 26.4. The number of ether oxygens (including phenoxy) is 1. The molecule has 3 heteroatoms. The Labute approximate surface area is 72.3 Å². The van der Waals surface area contributed by atoms with E-state index in [9.17, 15) is 0 Å². The zero-order chi connectivity index (χ0) is 7.40. The molecule has 1 heterocycles. The summed E-state index contributed by atoms with van der Waals surface area (Å²) >= 11 is 6.27. The molecule has 0 aromatic rings. The van der Waals surface area contributed by atoms with Crippen LogP contribution in [-0.4, -0.2) is 29.5 Å². The van der Waals surface area contributed by atoms with Gasteiger partial charge < -0.3 is 4.74 Å². The van der Waals surface area contributed by atoms with Gasteiger partial charge in [-0.25, -0.2) is 0 Å². The van der Waals surface area contributed by atoms with Gasteiger partial charge in [0.05, 0.1) is 12.7 Å². The molecule has 2 atom stereocenters. The highest BCUT2D eigenvalue weighted by atomic mass is 32.2. The largest absolute Gasteiger partial charge is 0.372 e. The molecule has 60 valence electrons. The Hall–Kier alpha value is 0.660. The molecule has 0 aromatic heterocycles. The minimum Gasteiger partial charge on any atom is -0.372 e. The molecule has 1 aliphatic rings. The molecule has 1 rings (SSSR count). The van der Waals surface area contributed by atoms with Crippen LogP contribution in [-0.2, 0) is 4.74 Å². The number of epoxide rings is 1. The number of rotatable bonds is 5. The van der Waals surface area contributed by atoms with Crippen molar-refractivity contribution in [1.82, 2.24) is 0 Å². The minimum absolute atomic E-state index is 0.549. The average molecular weight is 178 g/mol. The maximum Gasteiger partial charge on any atom is 0.0900 e. The highest BCUT2D eigenvalue weighted by molar-refractivity contribution is 7.99. The Kier molecular flexibility index (Phi) is 3.96. The zero-order valence-corrected chi connectivity index (χ0v) is 7.96. The second kappa shape index (κ2) is 4.52. The maximum absolute atomic E-state index is 5.08. The molecule has 0 aromatic carbocycles. The third kappa shape index (κ3) is 4.47. The third-order valence-corrected chi connectivity index (χ3v) is 2.78. The predicted octanol–water partition coefficient (Wildman–Crippen LogP) is 1.83. The SMILES string of the molecule is CC(S)CCSCC1CO1. The Balaban J connectivity index is 1.76. The van der Waals surface area contributed by atoms with Crippen molar-refractivity contribution in [2.75, 3.05) is 18.1 Å². The van der Waals surface area contributed by atoms with E-state index in [1.165, 1.54) is 17.9 Å². The first-order chi connectivity index (χ1) is 4.79. The fraction of sp³-hybridized carbons (Fsp3) is 1.00. The van der Waals surface area contributed by atoms with E-state index >= 15 is 0 Å². The average Bonchev–Trinajstić information content (AvgIpc) is 2.62. The fourth-order valence-electron chi connectivity index (χ4n) is 0.633. The predicted molar refractivity (Wildman–Crippen MR) is 50.1 cm³/mol. The highest BCUT2D eigenvalue weighted by Gasteiger charge is 2.21. The summed E-state index contributed by atoms with van der Waals surface area (Å²) in [5.41, 5.74) is 0. The monoisotopic (exact) mass is 178 g/mol. The van der Waals surface area contributed by atoms with E-state index in [4.69, 9.17) is 4.74 Å². The van der Waals surface area contributed by atoms with E-state index in [1.54, 1.807) is 0 Å². The molecule has 0 bridgehead atoms. The Morgan fingerprint density at radius 1 is 1.80 bits per heavy atom. The molecule has 1 aliphatic heterocycles. The van der Waals surface area contributed by atoms with Crippen LogP contribution in [0, 0.1) is 0 Å². The van der Waals surface area contributed by atoms with Gasteiger partial charge >= 0.3 is 0 Å². The molecule has 0 saturated carbocycles. The molecule has 10 heavy (non-hydrogen) atoms. The summed E-state index contributed by atoms with van der Waals surface area (Å²) in [7, 11) is 0. The van der Waals surface area contributed by atoms with Gasteiger partial charge in [0.15, 0.2) is 0 Å². The smallest absolute Gasteiger partial charge is 0.0900 e. The van der Waals surface area contributed by atoms with Crippen molar-refractivity contribution < 1.29 is 4.74 Å². The summed E-state index contributed by atoms with van der Waals surface area (Å²) in [6, 6.07) is 0. The first-order valence-corrected chi connectivity index (χ1v) is 5.33. The molecular formula is C7H14OS2. The van der Waals surface area contributed by atoms with E-state index in [2.05, 4.69) is 19.6 Å².